The second-order valence-corrected chi connectivity index (χ2v) is 4.42. The molecule has 0 amide bonds. The zero-order chi connectivity index (χ0) is 13.2. The molecule has 0 saturated heterocycles. The molecule has 2 aromatic heterocycles. The number of para-hydroxylation sites is 1. The number of nitrogens with one attached hydrogen (secondary N) is 2. The van der Waals surface area contributed by atoms with Gasteiger partial charge in [0.1, 0.15) is 5.52 Å². The maximum absolute atomic E-state index is 5.90. The number of aromatic amines is 1. The van der Waals surface area contributed by atoms with E-state index in [9.17, 15) is 0 Å². The molecule has 3 rings (SSSR count). The lowest BCUT2D eigenvalue weighted by atomic mass is 10.1. The minimum absolute atomic E-state index is 0.177. The Kier molecular flexibility index (Phi) is 3.05. The van der Waals surface area contributed by atoms with Gasteiger partial charge in [-0.15, -0.1) is 0 Å². The quantitative estimate of drug-likeness (QED) is 0.719. The number of nitrogens with zero attached hydrogens (tertiary/aromatic N) is 3. The molecule has 96 valence electrons. The van der Waals surface area contributed by atoms with Crippen LogP contribution in [0, 0.1) is 0 Å². The van der Waals surface area contributed by atoms with Crippen molar-refractivity contribution in [3.05, 3.63) is 41.4 Å². The molecule has 0 atom stereocenters. The number of H-pyrrole nitrogens is 1. The molecule has 3 aromatic rings. The average Bonchev–Trinajstić information content (AvgIpc) is 2.87. The standard InChI is InChI=1S/C13H12ClN5/c1-2-8-5-3-4-6-9(8)17-12-10-11(16-7-15-10)18-13(14)19-12/h3-7H,2H2,1H3,(H2,15,16,17,18,19). The van der Waals surface area contributed by atoms with Crippen molar-refractivity contribution < 1.29 is 0 Å². The highest BCUT2D eigenvalue weighted by Crippen LogP contribution is 2.25. The van der Waals surface area contributed by atoms with E-state index in [0.717, 1.165) is 17.6 Å². The predicted molar refractivity (Wildman–Crippen MR) is 75.8 cm³/mol. The van der Waals surface area contributed by atoms with Crippen molar-refractivity contribution in [3.8, 4) is 0 Å². The summed E-state index contributed by atoms with van der Waals surface area (Å²) in [4.78, 5) is 15.4. The first-order chi connectivity index (χ1) is 9.28. The first-order valence-corrected chi connectivity index (χ1v) is 6.37. The summed E-state index contributed by atoms with van der Waals surface area (Å²) in [6.45, 7) is 2.11. The molecule has 1 aromatic carbocycles. The van der Waals surface area contributed by atoms with Crippen molar-refractivity contribution in [3.63, 3.8) is 0 Å². The van der Waals surface area contributed by atoms with Gasteiger partial charge < -0.3 is 10.3 Å². The number of imidazole rings is 1. The van der Waals surface area contributed by atoms with Crippen molar-refractivity contribution in [1.82, 2.24) is 19.9 Å². The highest BCUT2D eigenvalue weighted by Gasteiger charge is 2.10. The van der Waals surface area contributed by atoms with Crippen molar-refractivity contribution in [2.24, 2.45) is 0 Å². The van der Waals surface area contributed by atoms with Crippen LogP contribution < -0.4 is 5.32 Å². The summed E-state index contributed by atoms with van der Waals surface area (Å²) in [5.74, 6) is 0.633. The fourth-order valence-electron chi connectivity index (χ4n) is 1.98. The maximum Gasteiger partial charge on any atom is 0.226 e. The van der Waals surface area contributed by atoms with Gasteiger partial charge in [-0.05, 0) is 29.7 Å². The van der Waals surface area contributed by atoms with Crippen LogP contribution in [-0.2, 0) is 6.42 Å². The number of aromatic nitrogens is 4. The Morgan fingerprint density at radius 3 is 2.95 bits per heavy atom. The van der Waals surface area contributed by atoms with E-state index in [1.54, 1.807) is 6.33 Å². The zero-order valence-electron chi connectivity index (χ0n) is 10.3. The van der Waals surface area contributed by atoms with Gasteiger partial charge in [0.05, 0.1) is 6.33 Å². The molecule has 5 nitrogen and oxygen atoms in total. The fraction of sp³-hybridized carbons (Fsp3) is 0.154. The number of hydrogen-bond acceptors (Lipinski definition) is 4. The molecule has 2 N–H and O–H groups in total. The summed E-state index contributed by atoms with van der Waals surface area (Å²) in [5.41, 5.74) is 3.52. The van der Waals surface area contributed by atoms with Crippen LogP contribution in [0.4, 0.5) is 11.5 Å². The van der Waals surface area contributed by atoms with E-state index >= 15 is 0 Å². The second-order valence-electron chi connectivity index (χ2n) is 4.08. The molecule has 0 aliphatic heterocycles. The van der Waals surface area contributed by atoms with Crippen LogP contribution in [0.15, 0.2) is 30.6 Å². The van der Waals surface area contributed by atoms with E-state index in [1.807, 2.05) is 18.2 Å². The highest BCUT2D eigenvalue weighted by molar-refractivity contribution is 6.28. The summed E-state index contributed by atoms with van der Waals surface area (Å²) in [7, 11) is 0. The number of anilines is 2. The predicted octanol–water partition coefficient (Wildman–Crippen LogP) is 3.31. The van der Waals surface area contributed by atoms with E-state index in [-0.39, 0.29) is 5.28 Å². The monoisotopic (exact) mass is 273 g/mol. The average molecular weight is 274 g/mol. The van der Waals surface area contributed by atoms with Crippen molar-refractivity contribution in [2.45, 2.75) is 13.3 Å². The minimum Gasteiger partial charge on any atom is -0.340 e. The van der Waals surface area contributed by atoms with Gasteiger partial charge in [-0.1, -0.05) is 25.1 Å². The zero-order valence-corrected chi connectivity index (χ0v) is 11.1. The van der Waals surface area contributed by atoms with Crippen molar-refractivity contribution in [1.29, 1.82) is 0 Å². The molecule has 0 bridgehead atoms. The Hall–Kier alpha value is -2.14. The van der Waals surface area contributed by atoms with Gasteiger partial charge in [0, 0.05) is 5.69 Å². The lowest BCUT2D eigenvalue weighted by Crippen LogP contribution is -1.99. The largest absolute Gasteiger partial charge is 0.340 e. The molecular formula is C13H12ClN5. The van der Waals surface area contributed by atoms with Gasteiger partial charge in [0.2, 0.25) is 5.28 Å². The minimum atomic E-state index is 0.177. The molecule has 0 spiro atoms. The number of benzene rings is 1. The van der Waals surface area contributed by atoms with E-state index < -0.39 is 0 Å². The summed E-state index contributed by atoms with van der Waals surface area (Å²) in [6, 6.07) is 8.09. The number of halogens is 1. The first-order valence-electron chi connectivity index (χ1n) is 5.99. The van der Waals surface area contributed by atoms with E-state index in [4.69, 9.17) is 11.6 Å². The maximum atomic E-state index is 5.90. The Morgan fingerprint density at radius 2 is 2.11 bits per heavy atom. The lowest BCUT2D eigenvalue weighted by molar-refractivity contribution is 1.13. The highest BCUT2D eigenvalue weighted by atomic mass is 35.5. The molecule has 0 aliphatic carbocycles. The molecule has 2 heterocycles. The number of hydrogen-bond donors (Lipinski definition) is 2. The van der Waals surface area contributed by atoms with Gasteiger partial charge in [0.15, 0.2) is 11.5 Å². The van der Waals surface area contributed by atoms with Crippen LogP contribution in [-0.4, -0.2) is 19.9 Å². The van der Waals surface area contributed by atoms with Crippen molar-refractivity contribution >= 4 is 34.3 Å². The van der Waals surface area contributed by atoms with E-state index in [2.05, 4.69) is 38.2 Å². The molecule has 0 radical (unpaired) electrons. The Balaban J connectivity index is 2.07. The second kappa shape index (κ2) is 4.85. The Bertz CT molecular complexity index is 722. The van der Waals surface area contributed by atoms with Crippen LogP contribution in [0.2, 0.25) is 5.28 Å². The first kappa shape index (κ1) is 11.9. The van der Waals surface area contributed by atoms with Gasteiger partial charge >= 0.3 is 0 Å². The third kappa shape index (κ3) is 2.24. The summed E-state index contributed by atoms with van der Waals surface area (Å²) in [5, 5.41) is 3.46. The van der Waals surface area contributed by atoms with Crippen LogP contribution in [0.3, 0.4) is 0 Å². The smallest absolute Gasteiger partial charge is 0.226 e. The van der Waals surface area contributed by atoms with Gasteiger partial charge in [-0.2, -0.15) is 9.97 Å². The Morgan fingerprint density at radius 1 is 1.26 bits per heavy atom. The van der Waals surface area contributed by atoms with Crippen molar-refractivity contribution in [2.75, 3.05) is 5.32 Å². The third-order valence-electron chi connectivity index (χ3n) is 2.91. The van der Waals surface area contributed by atoms with E-state index in [1.165, 1.54) is 5.56 Å². The summed E-state index contributed by atoms with van der Waals surface area (Å²) in [6.07, 6.45) is 2.51. The number of fused-ring (bicyclic) bond motifs is 1. The molecule has 19 heavy (non-hydrogen) atoms. The van der Waals surface area contributed by atoms with Gasteiger partial charge in [-0.3, -0.25) is 0 Å². The van der Waals surface area contributed by atoms with Gasteiger partial charge in [0.25, 0.3) is 0 Å². The number of rotatable bonds is 3. The van der Waals surface area contributed by atoms with Crippen LogP contribution in [0.5, 0.6) is 0 Å². The van der Waals surface area contributed by atoms with Gasteiger partial charge in [-0.25, -0.2) is 4.98 Å². The molecular weight excluding hydrogens is 262 g/mol. The molecule has 0 fully saturated rings. The van der Waals surface area contributed by atoms with Crippen LogP contribution in [0.1, 0.15) is 12.5 Å². The summed E-state index contributed by atoms with van der Waals surface area (Å²) < 4.78 is 0. The SMILES string of the molecule is CCc1ccccc1Nc1nc(Cl)nc2nc[nH]c12. The number of aryl methyl sites for hydroxylation is 1. The molecule has 0 unspecified atom stereocenters. The summed E-state index contributed by atoms with van der Waals surface area (Å²) >= 11 is 5.90. The third-order valence-corrected chi connectivity index (χ3v) is 3.08. The van der Waals surface area contributed by atoms with Crippen LogP contribution in [0.25, 0.3) is 11.2 Å². The molecule has 0 aliphatic rings. The van der Waals surface area contributed by atoms with Crippen LogP contribution >= 0.6 is 11.6 Å². The lowest BCUT2D eigenvalue weighted by Gasteiger charge is -2.10. The Labute approximate surface area is 115 Å². The normalized spacial score (nSPS) is 10.8. The topological polar surface area (TPSA) is 66.5 Å². The van der Waals surface area contributed by atoms with E-state index in [0.29, 0.717) is 11.5 Å². The molecule has 0 saturated carbocycles. The molecule has 6 heteroatoms. The fourth-order valence-corrected chi connectivity index (χ4v) is 2.14.